The molecule has 0 aromatic heterocycles. The van der Waals surface area contributed by atoms with Crippen molar-refractivity contribution in [3.05, 3.63) is 11.3 Å². The number of allylic oxidation sites excluding steroid dienone is 2. The van der Waals surface area contributed by atoms with Crippen LogP contribution in [0.2, 0.25) is 0 Å². The van der Waals surface area contributed by atoms with Gasteiger partial charge in [-0.15, -0.1) is 0 Å². The number of rotatable bonds is 1. The third-order valence-corrected chi connectivity index (χ3v) is 2.08. The number of hydrogen-bond donors (Lipinski definition) is 0. The second-order valence-corrected chi connectivity index (χ2v) is 2.91. The first-order valence-electron chi connectivity index (χ1n) is 4.03. The summed E-state index contributed by atoms with van der Waals surface area (Å²) in [6.07, 6.45) is 0.593. The third kappa shape index (κ3) is 1.26. The fraction of sp³-hybridized carbons (Fsp3) is 0.556. The lowest BCUT2D eigenvalue weighted by molar-refractivity contribution is -0.149. The Hall–Kier alpha value is -1.12. The van der Waals surface area contributed by atoms with E-state index in [4.69, 9.17) is 4.74 Å². The summed E-state index contributed by atoms with van der Waals surface area (Å²) in [6.45, 7) is 5.13. The standard InChI is InChI=1S/C9H12O3/c1-4-7-5(2)8(10)6(3)9(11)12-7/h6H,4H2,1-3H3. The van der Waals surface area contributed by atoms with Crippen LogP contribution in [0.4, 0.5) is 0 Å². The normalized spacial score (nSPS) is 24.4. The second-order valence-electron chi connectivity index (χ2n) is 2.91. The van der Waals surface area contributed by atoms with Gasteiger partial charge in [0, 0.05) is 12.0 Å². The number of carbonyl (C=O) groups excluding carboxylic acids is 2. The molecule has 3 heteroatoms. The van der Waals surface area contributed by atoms with Gasteiger partial charge in [-0.1, -0.05) is 6.92 Å². The van der Waals surface area contributed by atoms with E-state index in [1.54, 1.807) is 13.8 Å². The van der Waals surface area contributed by atoms with Crippen molar-refractivity contribution >= 4 is 11.8 Å². The Kier molecular flexibility index (Phi) is 2.31. The molecule has 0 fully saturated rings. The molecule has 1 heterocycles. The van der Waals surface area contributed by atoms with Gasteiger partial charge in [-0.25, -0.2) is 0 Å². The quantitative estimate of drug-likeness (QED) is 0.439. The van der Waals surface area contributed by atoms with Crippen molar-refractivity contribution in [2.75, 3.05) is 0 Å². The van der Waals surface area contributed by atoms with Crippen molar-refractivity contribution in [1.29, 1.82) is 0 Å². The summed E-state index contributed by atoms with van der Waals surface area (Å²) in [5.74, 6) is -0.644. The zero-order chi connectivity index (χ0) is 9.30. The molecule has 0 bridgehead atoms. The maximum absolute atomic E-state index is 11.3. The van der Waals surface area contributed by atoms with Gasteiger partial charge < -0.3 is 4.74 Å². The van der Waals surface area contributed by atoms with Crippen molar-refractivity contribution in [2.45, 2.75) is 27.2 Å². The summed E-state index contributed by atoms with van der Waals surface area (Å²) in [6, 6.07) is 0. The van der Waals surface area contributed by atoms with Crippen molar-refractivity contribution in [3.63, 3.8) is 0 Å². The van der Waals surface area contributed by atoms with Gasteiger partial charge in [-0.05, 0) is 13.8 Å². The van der Waals surface area contributed by atoms with E-state index in [-0.39, 0.29) is 5.78 Å². The van der Waals surface area contributed by atoms with Crippen molar-refractivity contribution in [1.82, 2.24) is 0 Å². The lowest BCUT2D eigenvalue weighted by Gasteiger charge is -2.19. The zero-order valence-electron chi connectivity index (χ0n) is 7.51. The molecule has 0 saturated heterocycles. The maximum Gasteiger partial charge on any atom is 0.321 e. The molecule has 0 radical (unpaired) electrons. The summed E-state index contributed by atoms with van der Waals surface area (Å²) in [5, 5.41) is 0. The van der Waals surface area contributed by atoms with Crippen LogP contribution in [-0.2, 0) is 14.3 Å². The molecule has 0 aromatic carbocycles. The predicted molar refractivity (Wildman–Crippen MR) is 43.3 cm³/mol. The predicted octanol–water partition coefficient (Wildman–Crippen LogP) is 1.43. The molecule has 66 valence electrons. The van der Waals surface area contributed by atoms with Gasteiger partial charge in [-0.2, -0.15) is 0 Å². The van der Waals surface area contributed by atoms with E-state index in [1.807, 2.05) is 6.92 Å². The molecule has 3 nitrogen and oxygen atoms in total. The summed E-state index contributed by atoms with van der Waals surface area (Å²) in [7, 11) is 0. The van der Waals surface area contributed by atoms with Crippen LogP contribution in [0, 0.1) is 5.92 Å². The zero-order valence-corrected chi connectivity index (χ0v) is 7.51. The van der Waals surface area contributed by atoms with E-state index in [2.05, 4.69) is 0 Å². The highest BCUT2D eigenvalue weighted by atomic mass is 16.5. The topological polar surface area (TPSA) is 43.4 Å². The van der Waals surface area contributed by atoms with Gasteiger partial charge in [-0.3, -0.25) is 9.59 Å². The third-order valence-electron chi connectivity index (χ3n) is 2.08. The Bertz CT molecular complexity index is 263. The molecular formula is C9H12O3. The van der Waals surface area contributed by atoms with Gasteiger partial charge >= 0.3 is 5.97 Å². The fourth-order valence-corrected chi connectivity index (χ4v) is 1.19. The number of ketones is 1. The Morgan fingerprint density at radius 2 is 2.00 bits per heavy atom. The SMILES string of the molecule is CCC1=C(C)C(=O)C(C)C(=O)O1. The van der Waals surface area contributed by atoms with E-state index in [0.29, 0.717) is 17.8 Å². The van der Waals surface area contributed by atoms with E-state index >= 15 is 0 Å². The van der Waals surface area contributed by atoms with Crippen molar-refractivity contribution < 1.29 is 14.3 Å². The molecule has 0 saturated carbocycles. The van der Waals surface area contributed by atoms with Gasteiger partial charge in [0.2, 0.25) is 0 Å². The van der Waals surface area contributed by atoms with Gasteiger partial charge in [0.05, 0.1) is 0 Å². The summed E-state index contributed by atoms with van der Waals surface area (Å²) in [4.78, 5) is 22.4. The Balaban J connectivity index is 3.03. The van der Waals surface area contributed by atoms with Crippen LogP contribution in [-0.4, -0.2) is 11.8 Å². The molecule has 1 rings (SSSR count). The average molecular weight is 168 g/mol. The van der Waals surface area contributed by atoms with Crippen LogP contribution in [0.15, 0.2) is 11.3 Å². The van der Waals surface area contributed by atoms with Crippen molar-refractivity contribution in [2.24, 2.45) is 5.92 Å². The summed E-state index contributed by atoms with van der Waals surface area (Å²) < 4.78 is 4.95. The van der Waals surface area contributed by atoms with Gasteiger partial charge in [0.15, 0.2) is 5.78 Å². The highest BCUT2D eigenvalue weighted by Crippen LogP contribution is 2.22. The summed E-state index contributed by atoms with van der Waals surface area (Å²) >= 11 is 0. The van der Waals surface area contributed by atoms with Crippen LogP contribution < -0.4 is 0 Å². The van der Waals surface area contributed by atoms with E-state index < -0.39 is 11.9 Å². The Morgan fingerprint density at radius 1 is 1.42 bits per heavy atom. The minimum atomic E-state index is -0.625. The first kappa shape index (κ1) is 8.97. The highest BCUT2D eigenvalue weighted by molar-refractivity contribution is 6.10. The average Bonchev–Trinajstić information content (AvgIpc) is 2.08. The largest absolute Gasteiger partial charge is 0.430 e. The number of cyclic esters (lactones) is 1. The molecule has 0 N–H and O–H groups in total. The fourth-order valence-electron chi connectivity index (χ4n) is 1.19. The first-order chi connectivity index (χ1) is 5.57. The minimum Gasteiger partial charge on any atom is -0.430 e. The highest BCUT2D eigenvalue weighted by Gasteiger charge is 2.31. The maximum atomic E-state index is 11.3. The van der Waals surface area contributed by atoms with E-state index in [0.717, 1.165) is 0 Å². The Labute approximate surface area is 71.4 Å². The number of hydrogen-bond acceptors (Lipinski definition) is 3. The molecule has 1 aliphatic heterocycles. The van der Waals surface area contributed by atoms with Gasteiger partial charge in [0.25, 0.3) is 0 Å². The number of esters is 1. The smallest absolute Gasteiger partial charge is 0.321 e. The lowest BCUT2D eigenvalue weighted by Crippen LogP contribution is -2.29. The number of carbonyl (C=O) groups is 2. The molecule has 1 atom stereocenters. The molecule has 1 aliphatic rings. The van der Waals surface area contributed by atoms with Crippen LogP contribution >= 0.6 is 0 Å². The van der Waals surface area contributed by atoms with E-state index in [9.17, 15) is 9.59 Å². The first-order valence-corrected chi connectivity index (χ1v) is 4.03. The minimum absolute atomic E-state index is 0.108. The van der Waals surface area contributed by atoms with Crippen LogP contribution in [0.25, 0.3) is 0 Å². The number of ether oxygens (including phenoxy) is 1. The Morgan fingerprint density at radius 3 is 2.50 bits per heavy atom. The molecule has 12 heavy (non-hydrogen) atoms. The van der Waals surface area contributed by atoms with E-state index in [1.165, 1.54) is 0 Å². The monoisotopic (exact) mass is 168 g/mol. The summed E-state index contributed by atoms with van der Waals surface area (Å²) in [5.41, 5.74) is 0.588. The van der Waals surface area contributed by atoms with Crippen LogP contribution in [0.5, 0.6) is 0 Å². The van der Waals surface area contributed by atoms with Crippen LogP contribution in [0.1, 0.15) is 27.2 Å². The van der Waals surface area contributed by atoms with Crippen LogP contribution in [0.3, 0.4) is 0 Å². The molecule has 0 spiro atoms. The number of Topliss-reactive ketones (excluding diaryl/α,β-unsaturated/α-hetero) is 1. The van der Waals surface area contributed by atoms with Crippen molar-refractivity contribution in [3.8, 4) is 0 Å². The van der Waals surface area contributed by atoms with Gasteiger partial charge in [0.1, 0.15) is 11.7 Å². The lowest BCUT2D eigenvalue weighted by atomic mass is 9.96. The molecule has 1 unspecified atom stereocenters. The molecular weight excluding hydrogens is 156 g/mol. The molecule has 0 aliphatic carbocycles. The molecule has 0 aromatic rings. The molecule has 0 amide bonds. The second kappa shape index (κ2) is 3.09.